The molecule has 2 amide bonds. The van der Waals surface area contributed by atoms with E-state index in [1.165, 1.54) is 4.90 Å². The van der Waals surface area contributed by atoms with Gasteiger partial charge in [0, 0.05) is 38.6 Å². The van der Waals surface area contributed by atoms with Gasteiger partial charge in [-0.15, -0.1) is 0 Å². The minimum Gasteiger partial charge on any atom is -0.494 e. The number of pyridine rings is 1. The van der Waals surface area contributed by atoms with E-state index in [0.29, 0.717) is 17.9 Å². The molecule has 1 aromatic heterocycles. The summed E-state index contributed by atoms with van der Waals surface area (Å²) >= 11 is 0. The van der Waals surface area contributed by atoms with Gasteiger partial charge in [0.2, 0.25) is 0 Å². The van der Waals surface area contributed by atoms with Crippen LogP contribution in [0.4, 0.5) is 0 Å². The Morgan fingerprint density at radius 3 is 2.32 bits per heavy atom. The van der Waals surface area contributed by atoms with E-state index in [0.717, 1.165) is 49.6 Å². The second-order valence-corrected chi connectivity index (χ2v) is 7.66. The van der Waals surface area contributed by atoms with Crippen molar-refractivity contribution in [3.8, 4) is 5.75 Å². The van der Waals surface area contributed by atoms with Gasteiger partial charge in [-0.25, -0.2) is 0 Å². The number of piperazine rings is 1. The lowest BCUT2D eigenvalue weighted by Crippen LogP contribution is -2.47. The predicted molar refractivity (Wildman–Crippen MR) is 118 cm³/mol. The molecule has 0 N–H and O–H groups in total. The number of ether oxygens (including phenoxy) is 1. The van der Waals surface area contributed by atoms with E-state index in [-0.39, 0.29) is 18.4 Å². The highest BCUT2D eigenvalue weighted by molar-refractivity contribution is 6.35. The summed E-state index contributed by atoms with van der Waals surface area (Å²) in [5.41, 5.74) is 2.55. The van der Waals surface area contributed by atoms with Gasteiger partial charge in [0.25, 0.3) is 11.8 Å². The number of nitrogens with zero attached hydrogens (tertiary/aromatic N) is 4. The fraction of sp³-hybridized carbons (Fsp3) is 0.375. The maximum atomic E-state index is 13.5. The van der Waals surface area contributed by atoms with E-state index in [4.69, 9.17) is 4.74 Å². The first-order chi connectivity index (χ1) is 15.1. The van der Waals surface area contributed by atoms with Crippen LogP contribution in [-0.4, -0.2) is 70.8 Å². The second-order valence-electron chi connectivity index (χ2n) is 7.66. The largest absolute Gasteiger partial charge is 0.494 e. The lowest BCUT2D eigenvalue weighted by Gasteiger charge is -2.36. The van der Waals surface area contributed by atoms with Gasteiger partial charge in [-0.3, -0.25) is 19.5 Å². The average Bonchev–Trinajstić information content (AvgIpc) is 3.05. The average molecular weight is 421 g/mol. The third kappa shape index (κ3) is 4.32. The Hall–Kier alpha value is -3.19. The third-order valence-corrected chi connectivity index (χ3v) is 5.80. The highest BCUT2D eigenvalue weighted by Crippen LogP contribution is 2.33. The molecular formula is C24H28N4O3. The van der Waals surface area contributed by atoms with Crippen molar-refractivity contribution in [1.29, 1.82) is 0 Å². The molecule has 1 saturated heterocycles. The van der Waals surface area contributed by atoms with Gasteiger partial charge in [-0.2, -0.15) is 0 Å². The van der Waals surface area contributed by atoms with Gasteiger partial charge in [0.05, 0.1) is 18.7 Å². The van der Waals surface area contributed by atoms with Crippen LogP contribution in [0, 0.1) is 0 Å². The number of carbonyl (C=O) groups is 2. The summed E-state index contributed by atoms with van der Waals surface area (Å²) in [6.07, 6.45) is 3.37. The van der Waals surface area contributed by atoms with Crippen LogP contribution in [-0.2, 0) is 16.1 Å². The van der Waals surface area contributed by atoms with Gasteiger partial charge in [0.1, 0.15) is 11.4 Å². The Morgan fingerprint density at radius 1 is 0.968 bits per heavy atom. The van der Waals surface area contributed by atoms with E-state index < -0.39 is 0 Å². The van der Waals surface area contributed by atoms with Crippen molar-refractivity contribution in [3.05, 3.63) is 65.6 Å². The monoisotopic (exact) mass is 420 g/mol. The topological polar surface area (TPSA) is 66.0 Å². The molecular weight excluding hydrogens is 392 g/mol. The van der Waals surface area contributed by atoms with E-state index >= 15 is 0 Å². The van der Waals surface area contributed by atoms with Crippen LogP contribution in [0.3, 0.4) is 0 Å². The van der Waals surface area contributed by atoms with Crippen molar-refractivity contribution in [2.24, 2.45) is 0 Å². The van der Waals surface area contributed by atoms with Gasteiger partial charge < -0.3 is 14.5 Å². The maximum absolute atomic E-state index is 13.5. The molecule has 0 aliphatic carbocycles. The summed E-state index contributed by atoms with van der Waals surface area (Å²) in [6.45, 7) is 9.04. The molecule has 2 aliphatic heterocycles. The molecule has 4 rings (SSSR count). The number of amides is 2. The van der Waals surface area contributed by atoms with E-state index in [9.17, 15) is 9.59 Å². The minimum atomic E-state index is -0.258. The van der Waals surface area contributed by atoms with Crippen molar-refractivity contribution >= 4 is 17.4 Å². The van der Waals surface area contributed by atoms with Crippen LogP contribution in [0.25, 0.3) is 5.57 Å². The first-order valence-corrected chi connectivity index (χ1v) is 10.8. The van der Waals surface area contributed by atoms with Crippen molar-refractivity contribution in [3.63, 3.8) is 0 Å². The molecule has 0 saturated carbocycles. The molecule has 7 nitrogen and oxygen atoms in total. The van der Waals surface area contributed by atoms with Crippen LogP contribution in [0.1, 0.15) is 25.0 Å². The molecule has 0 atom stereocenters. The van der Waals surface area contributed by atoms with Gasteiger partial charge in [-0.05, 0) is 42.8 Å². The Labute approximate surface area is 182 Å². The number of aromatic nitrogens is 1. The lowest BCUT2D eigenvalue weighted by atomic mass is 10.0. The summed E-state index contributed by atoms with van der Waals surface area (Å²) in [7, 11) is 0. The van der Waals surface area contributed by atoms with Crippen LogP contribution < -0.4 is 4.74 Å². The highest BCUT2D eigenvalue weighted by Gasteiger charge is 2.42. The van der Waals surface area contributed by atoms with Gasteiger partial charge in [0.15, 0.2) is 0 Å². The Morgan fingerprint density at radius 2 is 1.71 bits per heavy atom. The molecule has 2 aliphatic rings. The molecule has 1 fully saturated rings. The summed E-state index contributed by atoms with van der Waals surface area (Å²) in [6, 6.07) is 11.1. The fourth-order valence-electron chi connectivity index (χ4n) is 4.11. The first-order valence-electron chi connectivity index (χ1n) is 10.8. The second kappa shape index (κ2) is 9.31. The van der Waals surface area contributed by atoms with Gasteiger partial charge in [-0.1, -0.05) is 25.1 Å². The molecule has 3 heterocycles. The summed E-state index contributed by atoms with van der Waals surface area (Å²) in [4.78, 5) is 36.8. The van der Waals surface area contributed by atoms with Crippen LogP contribution in [0.15, 0.2) is 54.5 Å². The van der Waals surface area contributed by atoms with Crippen LogP contribution >= 0.6 is 0 Å². The van der Waals surface area contributed by atoms with Crippen molar-refractivity contribution < 1.29 is 14.3 Å². The molecule has 0 bridgehead atoms. The Balaban J connectivity index is 1.68. The highest BCUT2D eigenvalue weighted by atomic mass is 16.5. The van der Waals surface area contributed by atoms with Crippen LogP contribution in [0.2, 0.25) is 0 Å². The van der Waals surface area contributed by atoms with E-state index in [1.54, 1.807) is 12.4 Å². The quantitative estimate of drug-likeness (QED) is 0.641. The maximum Gasteiger partial charge on any atom is 0.278 e. The van der Waals surface area contributed by atoms with E-state index in [2.05, 4.69) is 21.7 Å². The smallest absolute Gasteiger partial charge is 0.278 e. The number of rotatable bonds is 7. The molecule has 2 aromatic rings. The number of imide groups is 1. The standard InChI is InChI=1S/C24H28N4O3/c1-3-26-12-14-27(15-13-26)22-21(19-7-9-20(10-8-19)31-4-2)23(29)28(24(22)30)17-18-6-5-11-25-16-18/h5-11,16H,3-4,12-15,17H2,1-2H3. The SMILES string of the molecule is CCOc1ccc(C2=C(N3CCN(CC)CC3)C(=O)N(Cc3cccnc3)C2=O)cc1. The van der Waals surface area contributed by atoms with E-state index in [1.807, 2.05) is 43.3 Å². The number of benzene rings is 1. The normalized spacial score (nSPS) is 17.6. The lowest BCUT2D eigenvalue weighted by molar-refractivity contribution is -0.138. The molecule has 7 heteroatoms. The van der Waals surface area contributed by atoms with Crippen molar-refractivity contribution in [1.82, 2.24) is 19.7 Å². The summed E-state index contributed by atoms with van der Waals surface area (Å²) in [5.74, 6) is 0.252. The predicted octanol–water partition coefficient (Wildman–Crippen LogP) is 2.40. The molecule has 31 heavy (non-hydrogen) atoms. The Kier molecular flexibility index (Phi) is 6.32. The Bertz CT molecular complexity index is 964. The summed E-state index contributed by atoms with van der Waals surface area (Å²) < 4.78 is 5.54. The zero-order valence-electron chi connectivity index (χ0n) is 18.1. The number of hydrogen-bond donors (Lipinski definition) is 0. The third-order valence-electron chi connectivity index (χ3n) is 5.80. The number of likely N-dealkylation sites (N-methyl/N-ethyl adjacent to an activating group) is 1. The minimum absolute atomic E-state index is 0.213. The number of hydrogen-bond acceptors (Lipinski definition) is 6. The molecule has 0 spiro atoms. The molecule has 0 radical (unpaired) electrons. The molecule has 162 valence electrons. The molecule has 0 unspecified atom stereocenters. The van der Waals surface area contributed by atoms with Crippen molar-refractivity contribution in [2.45, 2.75) is 20.4 Å². The van der Waals surface area contributed by atoms with Crippen LogP contribution in [0.5, 0.6) is 5.75 Å². The first kappa shape index (κ1) is 21.1. The van der Waals surface area contributed by atoms with Crippen molar-refractivity contribution in [2.75, 3.05) is 39.3 Å². The zero-order valence-corrected chi connectivity index (χ0v) is 18.1. The van der Waals surface area contributed by atoms with Gasteiger partial charge >= 0.3 is 0 Å². The zero-order chi connectivity index (χ0) is 21.8. The summed E-state index contributed by atoms with van der Waals surface area (Å²) in [5, 5.41) is 0. The number of carbonyl (C=O) groups excluding carboxylic acids is 2. The molecule has 1 aromatic carbocycles. The fourth-order valence-corrected chi connectivity index (χ4v) is 4.11.